The highest BCUT2D eigenvalue weighted by Gasteiger charge is 2.34. The summed E-state index contributed by atoms with van der Waals surface area (Å²) in [6.07, 6.45) is 4.74. The Hall–Kier alpha value is -2.97. The van der Waals surface area contributed by atoms with Gasteiger partial charge in [0.2, 0.25) is 17.7 Å². The molecular formula is C38H60N4O6. The molecule has 1 heterocycles. The third-order valence-corrected chi connectivity index (χ3v) is 9.67. The normalized spacial score (nSPS) is 18.9. The van der Waals surface area contributed by atoms with Crippen molar-refractivity contribution in [3.8, 4) is 11.8 Å². The molecule has 4 N–H and O–H groups in total. The number of aliphatic hydroxyl groups excluding tert-OH is 2. The van der Waals surface area contributed by atoms with E-state index in [1.54, 1.807) is 18.9 Å². The first-order valence-corrected chi connectivity index (χ1v) is 18.0. The maximum absolute atomic E-state index is 13.9. The van der Waals surface area contributed by atoms with Crippen LogP contribution in [0, 0.1) is 29.6 Å². The Morgan fingerprint density at radius 3 is 2.35 bits per heavy atom. The van der Waals surface area contributed by atoms with Crippen LogP contribution in [0.4, 0.5) is 0 Å². The van der Waals surface area contributed by atoms with Gasteiger partial charge in [0.25, 0.3) is 0 Å². The van der Waals surface area contributed by atoms with Crippen molar-refractivity contribution < 1.29 is 29.3 Å². The molecule has 0 aromatic heterocycles. The van der Waals surface area contributed by atoms with Crippen molar-refractivity contribution in [2.24, 2.45) is 17.8 Å². The van der Waals surface area contributed by atoms with Gasteiger partial charge in [0.15, 0.2) is 0 Å². The molecule has 268 valence electrons. The van der Waals surface area contributed by atoms with Gasteiger partial charge in [-0.2, -0.15) is 0 Å². The number of hydrogen-bond acceptors (Lipinski definition) is 7. The quantitative estimate of drug-likeness (QED) is 0.177. The predicted octanol–water partition coefficient (Wildman–Crippen LogP) is 3.15. The molecule has 1 saturated carbocycles. The molecule has 10 nitrogen and oxygen atoms in total. The highest BCUT2D eigenvalue weighted by Crippen LogP contribution is 2.29. The first kappa shape index (κ1) is 39.5. The highest BCUT2D eigenvalue weighted by molar-refractivity contribution is 5.91. The molecule has 2 aliphatic rings. The summed E-state index contributed by atoms with van der Waals surface area (Å²) in [5.41, 5.74) is 0.922. The number of carbonyl (C=O) groups excluding carboxylic acids is 3. The fourth-order valence-corrected chi connectivity index (χ4v) is 6.71. The lowest BCUT2D eigenvalue weighted by molar-refractivity contribution is -0.137. The average Bonchev–Trinajstić information content (AvgIpc) is 3.08. The van der Waals surface area contributed by atoms with Gasteiger partial charge in [-0.05, 0) is 43.6 Å². The third kappa shape index (κ3) is 13.9. The number of ether oxygens (including phenoxy) is 1. The average molecular weight is 669 g/mol. The maximum Gasteiger partial charge on any atom is 0.243 e. The molecule has 0 radical (unpaired) electrons. The molecule has 1 aliphatic heterocycles. The monoisotopic (exact) mass is 668 g/mol. The van der Waals surface area contributed by atoms with Gasteiger partial charge in [0.1, 0.15) is 12.1 Å². The number of carbonyl (C=O) groups is 3. The number of nitrogens with zero attached hydrogens (tertiary/aromatic N) is 2. The zero-order valence-electron chi connectivity index (χ0n) is 29.7. The van der Waals surface area contributed by atoms with Crippen LogP contribution < -0.4 is 10.6 Å². The summed E-state index contributed by atoms with van der Waals surface area (Å²) in [6.45, 7) is 9.97. The van der Waals surface area contributed by atoms with Crippen LogP contribution >= 0.6 is 0 Å². The zero-order chi connectivity index (χ0) is 34.9. The zero-order valence-corrected chi connectivity index (χ0v) is 29.7. The number of rotatable bonds is 18. The van der Waals surface area contributed by atoms with Crippen molar-refractivity contribution >= 4 is 17.7 Å². The number of nitrogens with one attached hydrogen (secondary N) is 2. The SMILES string of the molecule is CC#CC[C@H](NC(=O)[C@@H](CC(=O)N(C)CCN1CCOCC1)Cc1ccccc1)C(=O)N[C@@H](CC1CCCCC1)[C@@H](O)[C@@H](O)CC(C)C. The van der Waals surface area contributed by atoms with E-state index in [9.17, 15) is 24.6 Å². The molecule has 2 fully saturated rings. The largest absolute Gasteiger partial charge is 0.390 e. The summed E-state index contributed by atoms with van der Waals surface area (Å²) >= 11 is 0. The Morgan fingerprint density at radius 1 is 1.02 bits per heavy atom. The van der Waals surface area contributed by atoms with Crippen LogP contribution in [-0.4, -0.2) is 108 Å². The van der Waals surface area contributed by atoms with Crippen molar-refractivity contribution in [3.63, 3.8) is 0 Å². The highest BCUT2D eigenvalue weighted by atomic mass is 16.5. The number of hydrogen-bond donors (Lipinski definition) is 4. The van der Waals surface area contributed by atoms with Crippen LogP contribution in [0.1, 0.15) is 84.1 Å². The molecule has 10 heteroatoms. The minimum atomic E-state index is -1.14. The molecule has 0 unspecified atom stereocenters. The maximum atomic E-state index is 13.9. The number of likely N-dealkylation sites (N-methyl/N-ethyl adjacent to an activating group) is 1. The van der Waals surface area contributed by atoms with Crippen LogP contribution in [0.5, 0.6) is 0 Å². The van der Waals surface area contributed by atoms with E-state index in [0.29, 0.717) is 44.9 Å². The number of benzene rings is 1. The molecule has 3 rings (SSSR count). The van der Waals surface area contributed by atoms with Gasteiger partial charge in [0, 0.05) is 46.1 Å². The van der Waals surface area contributed by atoms with Crippen molar-refractivity contribution in [2.75, 3.05) is 46.4 Å². The van der Waals surface area contributed by atoms with Crippen LogP contribution in [-0.2, 0) is 25.5 Å². The van der Waals surface area contributed by atoms with Gasteiger partial charge in [-0.15, -0.1) is 11.8 Å². The van der Waals surface area contributed by atoms with E-state index in [4.69, 9.17) is 4.74 Å². The molecule has 1 aromatic rings. The van der Waals surface area contributed by atoms with Gasteiger partial charge >= 0.3 is 0 Å². The predicted molar refractivity (Wildman–Crippen MR) is 188 cm³/mol. The smallest absolute Gasteiger partial charge is 0.243 e. The fourth-order valence-electron chi connectivity index (χ4n) is 6.71. The molecule has 3 amide bonds. The van der Waals surface area contributed by atoms with Crippen molar-refractivity contribution in [1.29, 1.82) is 0 Å². The van der Waals surface area contributed by atoms with Crippen molar-refractivity contribution in [2.45, 2.75) is 109 Å². The molecule has 5 atom stereocenters. The van der Waals surface area contributed by atoms with Crippen LogP contribution in [0.3, 0.4) is 0 Å². The van der Waals surface area contributed by atoms with E-state index in [1.165, 1.54) is 6.42 Å². The Balaban J connectivity index is 1.74. The van der Waals surface area contributed by atoms with E-state index in [1.807, 2.05) is 44.2 Å². The van der Waals surface area contributed by atoms with E-state index in [-0.39, 0.29) is 24.7 Å². The van der Waals surface area contributed by atoms with E-state index < -0.39 is 42.0 Å². The molecule has 0 spiro atoms. The first-order valence-electron chi connectivity index (χ1n) is 18.0. The van der Waals surface area contributed by atoms with Gasteiger partial charge in [-0.3, -0.25) is 19.3 Å². The lowest BCUT2D eigenvalue weighted by atomic mass is 9.82. The van der Waals surface area contributed by atoms with Crippen molar-refractivity contribution in [1.82, 2.24) is 20.4 Å². The van der Waals surface area contributed by atoms with Gasteiger partial charge < -0.3 is 30.5 Å². The number of amides is 3. The van der Waals surface area contributed by atoms with E-state index in [2.05, 4.69) is 27.4 Å². The molecule has 1 saturated heterocycles. The van der Waals surface area contributed by atoms with Gasteiger partial charge in [-0.1, -0.05) is 76.3 Å². The summed E-state index contributed by atoms with van der Waals surface area (Å²) < 4.78 is 5.43. The lowest BCUT2D eigenvalue weighted by Crippen LogP contribution is -2.56. The Bertz CT molecular complexity index is 1170. The third-order valence-electron chi connectivity index (χ3n) is 9.67. The minimum absolute atomic E-state index is 0.00144. The Kier molecular flexibility index (Phi) is 17.4. The summed E-state index contributed by atoms with van der Waals surface area (Å²) in [6, 6.07) is 7.92. The molecule has 1 aliphatic carbocycles. The first-order chi connectivity index (χ1) is 23.1. The Morgan fingerprint density at radius 2 is 1.71 bits per heavy atom. The number of aliphatic hydroxyl groups is 2. The topological polar surface area (TPSA) is 131 Å². The summed E-state index contributed by atoms with van der Waals surface area (Å²) in [4.78, 5) is 45.1. The van der Waals surface area contributed by atoms with Gasteiger partial charge in [-0.25, -0.2) is 0 Å². The standard InChI is InChI=1S/C38H60N4O6/c1-5-6-17-32(38(47)40-33(26-30-15-11-8-12-16-30)36(45)34(43)24-28(2)3)39-37(46)31(25-29-13-9-7-10-14-29)27-35(44)41(4)18-19-42-20-22-48-23-21-42/h7,9-10,13-14,28,30-34,36,43,45H,8,11-12,15-27H2,1-4H3,(H,39,46)(H,40,47)/t31-,32+,33+,34+,36-/m1/s1. The molecule has 48 heavy (non-hydrogen) atoms. The van der Waals surface area contributed by atoms with Crippen LogP contribution in [0.2, 0.25) is 0 Å². The lowest BCUT2D eigenvalue weighted by Gasteiger charge is -2.33. The van der Waals surface area contributed by atoms with Gasteiger partial charge in [0.05, 0.1) is 31.3 Å². The second kappa shape index (κ2) is 21.2. The van der Waals surface area contributed by atoms with Crippen molar-refractivity contribution in [3.05, 3.63) is 35.9 Å². The minimum Gasteiger partial charge on any atom is -0.390 e. The second-order valence-corrected chi connectivity index (χ2v) is 14.1. The molecule has 1 aromatic carbocycles. The van der Waals surface area contributed by atoms with E-state index in [0.717, 1.165) is 50.9 Å². The number of morpholine rings is 1. The Labute approximate surface area is 288 Å². The summed E-state index contributed by atoms with van der Waals surface area (Å²) in [5, 5.41) is 28.0. The molecule has 0 bridgehead atoms. The van der Waals surface area contributed by atoms with E-state index >= 15 is 0 Å². The van der Waals surface area contributed by atoms with Crippen LogP contribution in [0.25, 0.3) is 0 Å². The second-order valence-electron chi connectivity index (χ2n) is 14.1. The summed E-state index contributed by atoms with van der Waals surface area (Å²) in [7, 11) is 1.76. The fraction of sp³-hybridized carbons (Fsp3) is 0.711. The molecular weight excluding hydrogens is 608 g/mol. The van der Waals surface area contributed by atoms with Crippen LogP contribution in [0.15, 0.2) is 30.3 Å². The summed E-state index contributed by atoms with van der Waals surface area (Å²) in [5.74, 6) is 4.60.